The van der Waals surface area contributed by atoms with E-state index in [1.165, 1.54) is 16.7 Å². The molecule has 1 heterocycles. The van der Waals surface area contributed by atoms with Gasteiger partial charge in [-0.15, -0.1) is 24.0 Å². The fourth-order valence-electron chi connectivity index (χ4n) is 3.05. The van der Waals surface area contributed by atoms with Gasteiger partial charge in [0, 0.05) is 26.7 Å². The molecular weight excluding hydrogens is 467 g/mol. The largest absolute Gasteiger partial charge is 0.454 e. The molecule has 7 heteroatoms. The first-order chi connectivity index (χ1) is 13.2. The van der Waals surface area contributed by atoms with Gasteiger partial charge in [-0.25, -0.2) is 0 Å². The van der Waals surface area contributed by atoms with Gasteiger partial charge in [0.2, 0.25) is 6.79 Å². The first-order valence-corrected chi connectivity index (χ1v) is 9.20. The Morgan fingerprint density at radius 1 is 1.04 bits per heavy atom. The van der Waals surface area contributed by atoms with E-state index in [1.807, 2.05) is 12.1 Å². The lowest BCUT2D eigenvalue weighted by atomic mass is 10.1. The third-order valence-corrected chi connectivity index (χ3v) is 4.42. The molecule has 0 aromatic heterocycles. The third-order valence-electron chi connectivity index (χ3n) is 4.42. The highest BCUT2D eigenvalue weighted by molar-refractivity contribution is 14.0. The summed E-state index contributed by atoms with van der Waals surface area (Å²) in [5, 5.41) is 6.78. The van der Waals surface area contributed by atoms with Gasteiger partial charge in [-0.2, -0.15) is 0 Å². The van der Waals surface area contributed by atoms with E-state index in [-0.39, 0.29) is 24.0 Å². The van der Waals surface area contributed by atoms with Gasteiger partial charge in [0.1, 0.15) is 0 Å². The Balaban J connectivity index is 0.00000280. The van der Waals surface area contributed by atoms with Crippen LogP contribution in [-0.4, -0.2) is 45.3 Å². The summed E-state index contributed by atoms with van der Waals surface area (Å²) in [5.74, 6) is 2.45. The van der Waals surface area contributed by atoms with Gasteiger partial charge in [-0.3, -0.25) is 4.99 Å². The van der Waals surface area contributed by atoms with Crippen molar-refractivity contribution in [2.75, 3.05) is 34.5 Å². The van der Waals surface area contributed by atoms with Crippen molar-refractivity contribution in [3.63, 3.8) is 0 Å². The van der Waals surface area contributed by atoms with Gasteiger partial charge in [0.15, 0.2) is 17.5 Å². The maximum absolute atomic E-state index is 5.43. The molecule has 1 aliphatic rings. The lowest BCUT2D eigenvalue weighted by molar-refractivity contribution is 0.174. The van der Waals surface area contributed by atoms with E-state index in [0.29, 0.717) is 6.79 Å². The molecule has 0 amide bonds. The highest BCUT2D eigenvalue weighted by Crippen LogP contribution is 2.32. The zero-order valence-corrected chi connectivity index (χ0v) is 19.0. The molecule has 6 nitrogen and oxygen atoms in total. The maximum atomic E-state index is 5.43. The lowest BCUT2D eigenvalue weighted by Crippen LogP contribution is -2.38. The molecule has 2 aromatic rings. The predicted octanol–water partition coefficient (Wildman–Crippen LogP) is 3.00. The molecule has 2 N–H and O–H groups in total. The van der Waals surface area contributed by atoms with Crippen molar-refractivity contribution in [2.45, 2.75) is 19.5 Å². The summed E-state index contributed by atoms with van der Waals surface area (Å²) in [6.07, 6.45) is 0.883. The van der Waals surface area contributed by atoms with Gasteiger partial charge in [-0.1, -0.05) is 30.3 Å². The Kier molecular flexibility index (Phi) is 8.85. The van der Waals surface area contributed by atoms with Crippen LogP contribution in [0.5, 0.6) is 11.5 Å². The van der Waals surface area contributed by atoms with Crippen molar-refractivity contribution in [2.24, 2.45) is 4.99 Å². The normalized spacial score (nSPS) is 12.6. The number of guanidine groups is 1. The smallest absolute Gasteiger partial charge is 0.231 e. The summed E-state index contributed by atoms with van der Waals surface area (Å²) in [7, 11) is 5.96. The fraction of sp³-hybridized carbons (Fsp3) is 0.381. The number of aliphatic imine (C=N–C) groups is 1. The van der Waals surface area contributed by atoms with Crippen LogP contribution in [0.3, 0.4) is 0 Å². The number of hydrogen-bond donors (Lipinski definition) is 2. The molecule has 152 valence electrons. The lowest BCUT2D eigenvalue weighted by Gasteiger charge is -2.16. The Morgan fingerprint density at radius 2 is 1.79 bits per heavy atom. The number of ether oxygens (including phenoxy) is 2. The standard InChI is InChI=1S/C21H28N4O2.HI/c1-22-21(24-13-17-6-4-5-7-18(17)14-25(2)3)23-11-10-16-8-9-19-20(12-16)27-15-26-19;/h4-9,12H,10-11,13-15H2,1-3H3,(H2,22,23,24);1H. The average Bonchev–Trinajstić information content (AvgIpc) is 3.13. The maximum Gasteiger partial charge on any atom is 0.231 e. The van der Waals surface area contributed by atoms with E-state index in [4.69, 9.17) is 9.47 Å². The Labute approximate surface area is 184 Å². The quantitative estimate of drug-likeness (QED) is 0.351. The van der Waals surface area contributed by atoms with E-state index < -0.39 is 0 Å². The van der Waals surface area contributed by atoms with Crippen molar-refractivity contribution in [1.82, 2.24) is 15.5 Å². The topological polar surface area (TPSA) is 58.1 Å². The molecule has 0 radical (unpaired) electrons. The summed E-state index contributed by atoms with van der Waals surface area (Å²) in [4.78, 5) is 6.50. The SMILES string of the molecule is CN=C(NCCc1ccc2c(c1)OCO2)NCc1ccccc1CN(C)C.I. The van der Waals surface area contributed by atoms with Crippen LogP contribution in [0.15, 0.2) is 47.5 Å². The first-order valence-electron chi connectivity index (χ1n) is 9.20. The van der Waals surface area contributed by atoms with Gasteiger partial charge in [0.25, 0.3) is 0 Å². The molecule has 0 saturated carbocycles. The second-order valence-electron chi connectivity index (χ2n) is 6.80. The molecule has 1 aliphatic heterocycles. The number of hydrogen-bond acceptors (Lipinski definition) is 4. The van der Waals surface area contributed by atoms with Gasteiger partial charge >= 0.3 is 0 Å². The van der Waals surface area contributed by atoms with Crippen LogP contribution >= 0.6 is 24.0 Å². The van der Waals surface area contributed by atoms with Crippen LogP contribution in [-0.2, 0) is 19.5 Å². The minimum atomic E-state index is 0. The summed E-state index contributed by atoms with van der Waals surface area (Å²) < 4.78 is 10.8. The molecule has 0 aliphatic carbocycles. The molecule has 0 spiro atoms. The van der Waals surface area contributed by atoms with Crippen molar-refractivity contribution >= 4 is 29.9 Å². The molecule has 0 fully saturated rings. The number of halogens is 1. The molecule has 0 unspecified atom stereocenters. The number of rotatable bonds is 7. The van der Waals surface area contributed by atoms with Crippen molar-refractivity contribution in [3.8, 4) is 11.5 Å². The summed E-state index contributed by atoms with van der Waals surface area (Å²) in [5.41, 5.74) is 3.81. The van der Waals surface area contributed by atoms with Crippen LogP contribution < -0.4 is 20.1 Å². The number of fused-ring (bicyclic) bond motifs is 1. The van der Waals surface area contributed by atoms with Crippen molar-refractivity contribution < 1.29 is 9.47 Å². The molecule has 28 heavy (non-hydrogen) atoms. The second kappa shape index (κ2) is 11.1. The van der Waals surface area contributed by atoms with Crippen molar-refractivity contribution in [3.05, 3.63) is 59.2 Å². The molecular formula is C21H29IN4O2. The van der Waals surface area contributed by atoms with Crippen molar-refractivity contribution in [1.29, 1.82) is 0 Å². The Morgan fingerprint density at radius 3 is 2.54 bits per heavy atom. The third kappa shape index (κ3) is 6.27. The monoisotopic (exact) mass is 496 g/mol. The summed E-state index contributed by atoms with van der Waals surface area (Å²) >= 11 is 0. The average molecular weight is 496 g/mol. The number of benzene rings is 2. The van der Waals surface area contributed by atoms with Gasteiger partial charge in [0.05, 0.1) is 0 Å². The Hall–Kier alpha value is -2.00. The van der Waals surface area contributed by atoms with Gasteiger partial charge < -0.3 is 25.0 Å². The van der Waals surface area contributed by atoms with E-state index in [1.54, 1.807) is 7.05 Å². The van der Waals surface area contributed by atoms with Crippen LogP contribution in [0.25, 0.3) is 0 Å². The van der Waals surface area contributed by atoms with E-state index >= 15 is 0 Å². The zero-order chi connectivity index (χ0) is 19.1. The number of nitrogens with one attached hydrogen (secondary N) is 2. The van der Waals surface area contributed by atoms with E-state index in [0.717, 1.165) is 43.5 Å². The minimum absolute atomic E-state index is 0. The predicted molar refractivity (Wildman–Crippen MR) is 124 cm³/mol. The minimum Gasteiger partial charge on any atom is -0.454 e. The van der Waals surface area contributed by atoms with Crippen LogP contribution in [0, 0.1) is 0 Å². The van der Waals surface area contributed by atoms with Gasteiger partial charge in [-0.05, 0) is 49.3 Å². The van der Waals surface area contributed by atoms with Crippen LogP contribution in [0.2, 0.25) is 0 Å². The van der Waals surface area contributed by atoms with E-state index in [9.17, 15) is 0 Å². The molecule has 0 saturated heterocycles. The molecule has 0 bridgehead atoms. The summed E-state index contributed by atoms with van der Waals surface area (Å²) in [6.45, 7) is 2.77. The molecule has 3 rings (SSSR count). The Bertz CT molecular complexity index is 796. The number of nitrogens with zero attached hydrogens (tertiary/aromatic N) is 2. The van der Waals surface area contributed by atoms with E-state index in [2.05, 4.69) is 65.0 Å². The molecule has 2 aromatic carbocycles. The first kappa shape index (κ1) is 22.3. The fourth-order valence-corrected chi connectivity index (χ4v) is 3.05. The van der Waals surface area contributed by atoms with Crippen LogP contribution in [0.4, 0.5) is 0 Å². The highest BCUT2D eigenvalue weighted by atomic mass is 127. The highest BCUT2D eigenvalue weighted by Gasteiger charge is 2.13. The zero-order valence-electron chi connectivity index (χ0n) is 16.7. The van der Waals surface area contributed by atoms with Crippen LogP contribution in [0.1, 0.15) is 16.7 Å². The molecule has 0 atom stereocenters. The summed E-state index contributed by atoms with van der Waals surface area (Å²) in [6, 6.07) is 14.6. The second-order valence-corrected chi connectivity index (χ2v) is 6.80.